The fourth-order valence-electron chi connectivity index (χ4n) is 2.96. The van der Waals surface area contributed by atoms with Crippen molar-refractivity contribution in [1.29, 1.82) is 0 Å². The minimum absolute atomic E-state index is 0.107. The van der Waals surface area contributed by atoms with E-state index in [0.717, 1.165) is 37.1 Å². The smallest absolute Gasteiger partial charge is 0.227 e. The lowest BCUT2D eigenvalue weighted by molar-refractivity contribution is -0.134. The summed E-state index contributed by atoms with van der Waals surface area (Å²) in [7, 11) is 0. The summed E-state index contributed by atoms with van der Waals surface area (Å²) in [4.78, 5) is 25.4. The number of benzene rings is 1. The predicted octanol–water partition coefficient (Wildman–Crippen LogP) is 1.95. The number of piperidine rings is 1. The normalized spacial score (nSPS) is 18.1. The predicted molar refractivity (Wildman–Crippen MR) is 85.5 cm³/mol. The van der Waals surface area contributed by atoms with E-state index in [9.17, 15) is 9.59 Å². The largest absolute Gasteiger partial charge is 0.396 e. The molecule has 0 aromatic heterocycles. The van der Waals surface area contributed by atoms with Gasteiger partial charge in [0.05, 0.1) is 6.42 Å². The Labute approximate surface area is 131 Å². The van der Waals surface area contributed by atoms with Crippen molar-refractivity contribution in [2.24, 2.45) is 0 Å². The third-order valence-electron chi connectivity index (χ3n) is 4.04. The van der Waals surface area contributed by atoms with Crippen LogP contribution in [0, 0.1) is 0 Å². The SMILES string of the molecule is CC(=O)Nc1ccc(CC(=O)N2CCCCC2CCO)cc1. The fourth-order valence-corrected chi connectivity index (χ4v) is 2.96. The molecule has 120 valence electrons. The van der Waals surface area contributed by atoms with Crippen LogP contribution in [-0.4, -0.2) is 41.0 Å². The highest BCUT2D eigenvalue weighted by Gasteiger charge is 2.25. The number of nitrogens with one attached hydrogen (secondary N) is 1. The van der Waals surface area contributed by atoms with E-state index in [2.05, 4.69) is 5.32 Å². The molecule has 2 amide bonds. The van der Waals surface area contributed by atoms with Crippen LogP contribution in [0.25, 0.3) is 0 Å². The summed E-state index contributed by atoms with van der Waals surface area (Å²) in [5.74, 6) is 0.00872. The van der Waals surface area contributed by atoms with Crippen LogP contribution >= 0.6 is 0 Å². The summed E-state index contributed by atoms with van der Waals surface area (Å²) in [5, 5.41) is 11.8. The molecule has 0 aliphatic carbocycles. The van der Waals surface area contributed by atoms with E-state index in [1.807, 2.05) is 29.2 Å². The van der Waals surface area contributed by atoms with Gasteiger partial charge in [-0.05, 0) is 43.4 Å². The van der Waals surface area contributed by atoms with Crippen molar-refractivity contribution >= 4 is 17.5 Å². The number of carbonyl (C=O) groups is 2. The van der Waals surface area contributed by atoms with Crippen molar-refractivity contribution in [2.75, 3.05) is 18.5 Å². The number of aliphatic hydroxyl groups is 1. The van der Waals surface area contributed by atoms with Crippen molar-refractivity contribution in [2.45, 2.75) is 45.1 Å². The zero-order chi connectivity index (χ0) is 15.9. The zero-order valence-electron chi connectivity index (χ0n) is 13.0. The average Bonchev–Trinajstić information content (AvgIpc) is 2.49. The van der Waals surface area contributed by atoms with Crippen LogP contribution in [-0.2, 0) is 16.0 Å². The van der Waals surface area contributed by atoms with E-state index in [0.29, 0.717) is 12.8 Å². The highest BCUT2D eigenvalue weighted by atomic mass is 16.3. The molecule has 2 rings (SSSR count). The summed E-state index contributed by atoms with van der Waals surface area (Å²) in [6.45, 7) is 2.38. The first-order valence-corrected chi connectivity index (χ1v) is 7.87. The molecular formula is C17H24N2O3. The Morgan fingerprint density at radius 2 is 2.00 bits per heavy atom. The van der Waals surface area contributed by atoms with Gasteiger partial charge >= 0.3 is 0 Å². The van der Waals surface area contributed by atoms with Gasteiger partial charge in [-0.15, -0.1) is 0 Å². The number of rotatable bonds is 5. The molecule has 1 unspecified atom stereocenters. The van der Waals surface area contributed by atoms with Crippen LogP contribution < -0.4 is 5.32 Å². The Hall–Kier alpha value is -1.88. The molecule has 1 aromatic carbocycles. The van der Waals surface area contributed by atoms with Crippen molar-refractivity contribution in [3.05, 3.63) is 29.8 Å². The van der Waals surface area contributed by atoms with E-state index in [1.54, 1.807) is 0 Å². The Kier molecular flexibility index (Phi) is 5.95. The number of amides is 2. The molecule has 5 heteroatoms. The quantitative estimate of drug-likeness (QED) is 0.873. The van der Waals surface area contributed by atoms with Crippen molar-refractivity contribution in [3.63, 3.8) is 0 Å². The number of aliphatic hydroxyl groups excluding tert-OH is 1. The first kappa shape index (κ1) is 16.5. The first-order valence-electron chi connectivity index (χ1n) is 7.87. The van der Waals surface area contributed by atoms with Crippen molar-refractivity contribution in [1.82, 2.24) is 4.90 Å². The third kappa shape index (κ3) is 4.56. The fraction of sp³-hybridized carbons (Fsp3) is 0.529. The van der Waals surface area contributed by atoms with E-state index >= 15 is 0 Å². The van der Waals surface area contributed by atoms with Gasteiger partial charge in [-0.1, -0.05) is 12.1 Å². The molecule has 1 fully saturated rings. The molecule has 1 heterocycles. The molecule has 0 bridgehead atoms. The zero-order valence-corrected chi connectivity index (χ0v) is 13.0. The first-order chi connectivity index (χ1) is 10.6. The number of likely N-dealkylation sites (tertiary alicyclic amines) is 1. The monoisotopic (exact) mass is 304 g/mol. The highest BCUT2D eigenvalue weighted by Crippen LogP contribution is 2.21. The molecule has 0 spiro atoms. The summed E-state index contributed by atoms with van der Waals surface area (Å²) >= 11 is 0. The van der Waals surface area contributed by atoms with E-state index < -0.39 is 0 Å². The minimum Gasteiger partial charge on any atom is -0.396 e. The second kappa shape index (κ2) is 7.94. The number of hydrogen-bond acceptors (Lipinski definition) is 3. The maximum atomic E-state index is 12.5. The molecule has 22 heavy (non-hydrogen) atoms. The van der Waals surface area contributed by atoms with Gasteiger partial charge in [0.1, 0.15) is 0 Å². The molecule has 1 aliphatic heterocycles. The Morgan fingerprint density at radius 1 is 1.27 bits per heavy atom. The lowest BCUT2D eigenvalue weighted by Crippen LogP contribution is -2.44. The molecule has 2 N–H and O–H groups in total. The van der Waals surface area contributed by atoms with Gasteiger partial charge in [0.2, 0.25) is 11.8 Å². The van der Waals surface area contributed by atoms with Gasteiger partial charge in [0.25, 0.3) is 0 Å². The molecule has 1 aliphatic rings. The maximum absolute atomic E-state index is 12.5. The van der Waals surface area contributed by atoms with Crippen LogP contribution in [0.1, 0.15) is 38.2 Å². The van der Waals surface area contributed by atoms with Crippen LogP contribution in [0.2, 0.25) is 0 Å². The highest BCUT2D eigenvalue weighted by molar-refractivity contribution is 5.88. The topological polar surface area (TPSA) is 69.6 Å². The standard InChI is InChI=1S/C17H24N2O3/c1-13(21)18-15-7-5-14(6-8-15)12-17(22)19-10-3-2-4-16(19)9-11-20/h5-8,16,20H,2-4,9-12H2,1H3,(H,18,21). The minimum atomic E-state index is -0.107. The van der Waals surface area contributed by atoms with Crippen molar-refractivity contribution < 1.29 is 14.7 Å². The average molecular weight is 304 g/mol. The lowest BCUT2D eigenvalue weighted by Gasteiger charge is -2.35. The van der Waals surface area contributed by atoms with Crippen LogP contribution in [0.3, 0.4) is 0 Å². The van der Waals surface area contributed by atoms with Crippen molar-refractivity contribution in [3.8, 4) is 0 Å². The van der Waals surface area contributed by atoms with Crippen LogP contribution in [0.5, 0.6) is 0 Å². The van der Waals surface area contributed by atoms with Gasteiger partial charge in [0.15, 0.2) is 0 Å². The second-order valence-electron chi connectivity index (χ2n) is 5.80. The lowest BCUT2D eigenvalue weighted by atomic mass is 9.98. The molecule has 1 saturated heterocycles. The Bertz CT molecular complexity index is 511. The molecule has 1 atom stereocenters. The van der Waals surface area contributed by atoms with Crippen LogP contribution in [0.4, 0.5) is 5.69 Å². The summed E-state index contributed by atoms with van der Waals surface area (Å²) in [6, 6.07) is 7.53. The van der Waals surface area contributed by atoms with Gasteiger partial charge in [-0.3, -0.25) is 9.59 Å². The summed E-state index contributed by atoms with van der Waals surface area (Å²) < 4.78 is 0. The van der Waals surface area contributed by atoms with Gasteiger partial charge in [-0.2, -0.15) is 0 Å². The molecule has 0 radical (unpaired) electrons. The molecule has 5 nitrogen and oxygen atoms in total. The van der Waals surface area contributed by atoms with E-state index in [4.69, 9.17) is 5.11 Å². The number of carbonyl (C=O) groups excluding carboxylic acids is 2. The van der Waals surface area contributed by atoms with Gasteiger partial charge in [-0.25, -0.2) is 0 Å². The third-order valence-corrected chi connectivity index (χ3v) is 4.04. The van der Waals surface area contributed by atoms with Gasteiger partial charge in [0, 0.05) is 31.8 Å². The number of nitrogens with zero attached hydrogens (tertiary/aromatic N) is 1. The second-order valence-corrected chi connectivity index (χ2v) is 5.80. The maximum Gasteiger partial charge on any atom is 0.227 e. The Balaban J connectivity index is 1.96. The molecule has 1 aromatic rings. The van der Waals surface area contributed by atoms with E-state index in [1.165, 1.54) is 6.92 Å². The number of anilines is 1. The van der Waals surface area contributed by atoms with E-state index in [-0.39, 0.29) is 24.5 Å². The molecule has 0 saturated carbocycles. The van der Waals surface area contributed by atoms with Gasteiger partial charge < -0.3 is 15.3 Å². The summed E-state index contributed by atoms with van der Waals surface area (Å²) in [6.07, 6.45) is 4.16. The summed E-state index contributed by atoms with van der Waals surface area (Å²) in [5.41, 5.74) is 1.67. The van der Waals surface area contributed by atoms with Crippen LogP contribution in [0.15, 0.2) is 24.3 Å². The Morgan fingerprint density at radius 3 is 2.64 bits per heavy atom. The molecular weight excluding hydrogens is 280 g/mol. The number of hydrogen-bond donors (Lipinski definition) is 2.